The number of nitrogens with one attached hydrogen (secondary N) is 2. The zero-order chi connectivity index (χ0) is 14.4. The number of amides is 1. The molecular formula is C15H19N3O2. The Morgan fingerprint density at radius 3 is 2.60 bits per heavy atom. The molecule has 1 amide bonds. The maximum absolute atomic E-state index is 10.9. The molecule has 106 valence electrons. The zero-order valence-electron chi connectivity index (χ0n) is 11.8. The van der Waals surface area contributed by atoms with E-state index in [1.165, 1.54) is 6.92 Å². The lowest BCUT2D eigenvalue weighted by molar-refractivity contribution is -0.114. The van der Waals surface area contributed by atoms with E-state index < -0.39 is 0 Å². The Bertz CT molecular complexity index is 561. The van der Waals surface area contributed by atoms with Gasteiger partial charge < -0.3 is 15.1 Å². The van der Waals surface area contributed by atoms with E-state index in [0.717, 1.165) is 30.0 Å². The van der Waals surface area contributed by atoms with Gasteiger partial charge >= 0.3 is 0 Å². The fourth-order valence-electron chi connectivity index (χ4n) is 1.82. The Balaban J connectivity index is 1.80. The smallest absolute Gasteiger partial charge is 0.221 e. The number of aryl methyl sites for hydroxylation is 1. The van der Waals surface area contributed by atoms with Gasteiger partial charge in [0.25, 0.3) is 0 Å². The molecule has 0 unspecified atom stereocenters. The molecule has 1 aromatic carbocycles. The Morgan fingerprint density at radius 2 is 2.00 bits per heavy atom. The summed E-state index contributed by atoms with van der Waals surface area (Å²) in [5.41, 5.74) is 1.95. The van der Waals surface area contributed by atoms with Crippen molar-refractivity contribution >= 4 is 11.6 Å². The number of carbonyl (C=O) groups is 1. The van der Waals surface area contributed by atoms with Crippen LogP contribution in [-0.2, 0) is 24.3 Å². The van der Waals surface area contributed by atoms with Gasteiger partial charge in [0.2, 0.25) is 11.8 Å². The summed E-state index contributed by atoms with van der Waals surface area (Å²) in [5, 5.41) is 6.01. The van der Waals surface area contributed by atoms with Crippen LogP contribution in [0, 0.1) is 0 Å². The average Bonchev–Trinajstić information content (AvgIpc) is 2.88. The Labute approximate surface area is 118 Å². The molecule has 20 heavy (non-hydrogen) atoms. The molecular weight excluding hydrogens is 254 g/mol. The van der Waals surface area contributed by atoms with Crippen LogP contribution in [0.4, 0.5) is 5.69 Å². The van der Waals surface area contributed by atoms with Gasteiger partial charge in [0.15, 0.2) is 0 Å². The summed E-state index contributed by atoms with van der Waals surface area (Å²) < 4.78 is 5.51. The summed E-state index contributed by atoms with van der Waals surface area (Å²) in [6.45, 7) is 4.86. The highest BCUT2D eigenvalue weighted by atomic mass is 16.4. The van der Waals surface area contributed by atoms with Crippen LogP contribution in [-0.4, -0.2) is 10.9 Å². The van der Waals surface area contributed by atoms with Crippen molar-refractivity contribution in [3.63, 3.8) is 0 Å². The molecule has 0 spiro atoms. The first kappa shape index (κ1) is 14.3. The van der Waals surface area contributed by atoms with Crippen molar-refractivity contribution in [1.29, 1.82) is 0 Å². The van der Waals surface area contributed by atoms with Crippen LogP contribution >= 0.6 is 0 Å². The van der Waals surface area contributed by atoms with Crippen LogP contribution in [0.5, 0.6) is 0 Å². The Kier molecular flexibility index (Phi) is 4.90. The summed E-state index contributed by atoms with van der Waals surface area (Å²) in [4.78, 5) is 15.1. The van der Waals surface area contributed by atoms with Crippen molar-refractivity contribution < 1.29 is 9.21 Å². The molecule has 0 aliphatic heterocycles. The van der Waals surface area contributed by atoms with Gasteiger partial charge in [-0.15, -0.1) is 0 Å². The standard InChI is InChI=1S/C15H19N3O2/c1-3-14-9-17-15(20-14)10-16-8-12-4-6-13(7-5-12)18-11(2)19/h4-7,9,16H,3,8,10H2,1-2H3,(H,18,19). The third-order valence-electron chi connectivity index (χ3n) is 2.83. The molecule has 1 heterocycles. The highest BCUT2D eigenvalue weighted by Gasteiger charge is 2.02. The summed E-state index contributed by atoms with van der Waals surface area (Å²) in [6, 6.07) is 7.73. The van der Waals surface area contributed by atoms with Crippen LogP contribution in [0.2, 0.25) is 0 Å². The minimum absolute atomic E-state index is 0.0634. The van der Waals surface area contributed by atoms with Crippen LogP contribution in [0.3, 0.4) is 0 Å². The van der Waals surface area contributed by atoms with E-state index in [2.05, 4.69) is 15.6 Å². The molecule has 0 radical (unpaired) electrons. The second-order valence-electron chi connectivity index (χ2n) is 4.56. The van der Waals surface area contributed by atoms with Crippen molar-refractivity contribution in [1.82, 2.24) is 10.3 Å². The number of anilines is 1. The van der Waals surface area contributed by atoms with Crippen molar-refractivity contribution in [2.75, 3.05) is 5.32 Å². The number of rotatable bonds is 6. The molecule has 1 aromatic heterocycles. The second kappa shape index (κ2) is 6.86. The lowest BCUT2D eigenvalue weighted by Crippen LogP contribution is -2.13. The lowest BCUT2D eigenvalue weighted by Gasteiger charge is -2.05. The maximum Gasteiger partial charge on any atom is 0.221 e. The number of oxazole rings is 1. The van der Waals surface area contributed by atoms with E-state index in [0.29, 0.717) is 12.4 Å². The normalized spacial score (nSPS) is 10.5. The molecule has 0 aliphatic carbocycles. The third kappa shape index (κ3) is 4.20. The fourth-order valence-corrected chi connectivity index (χ4v) is 1.82. The first-order valence-corrected chi connectivity index (χ1v) is 6.68. The number of nitrogens with zero attached hydrogens (tertiary/aromatic N) is 1. The van der Waals surface area contributed by atoms with Crippen LogP contribution < -0.4 is 10.6 Å². The third-order valence-corrected chi connectivity index (χ3v) is 2.83. The highest BCUT2D eigenvalue weighted by molar-refractivity contribution is 5.88. The monoisotopic (exact) mass is 273 g/mol. The summed E-state index contributed by atoms with van der Waals surface area (Å²) in [7, 11) is 0. The SMILES string of the molecule is CCc1cnc(CNCc2ccc(NC(C)=O)cc2)o1. The maximum atomic E-state index is 10.9. The molecule has 5 heteroatoms. The minimum atomic E-state index is -0.0634. The van der Waals surface area contributed by atoms with Gasteiger partial charge in [-0.2, -0.15) is 0 Å². The molecule has 0 saturated heterocycles. The number of aromatic nitrogens is 1. The lowest BCUT2D eigenvalue weighted by atomic mass is 10.2. The zero-order valence-corrected chi connectivity index (χ0v) is 11.8. The molecule has 0 fully saturated rings. The van der Waals surface area contributed by atoms with Gasteiger partial charge in [-0.1, -0.05) is 19.1 Å². The summed E-state index contributed by atoms with van der Waals surface area (Å²) in [5.74, 6) is 1.55. The highest BCUT2D eigenvalue weighted by Crippen LogP contribution is 2.10. The number of carbonyl (C=O) groups excluding carboxylic acids is 1. The van der Waals surface area contributed by atoms with E-state index in [9.17, 15) is 4.79 Å². The predicted molar refractivity (Wildman–Crippen MR) is 77.2 cm³/mol. The first-order chi connectivity index (χ1) is 9.67. The topological polar surface area (TPSA) is 67.2 Å². The van der Waals surface area contributed by atoms with E-state index in [-0.39, 0.29) is 5.91 Å². The van der Waals surface area contributed by atoms with Gasteiger partial charge in [0.05, 0.1) is 12.7 Å². The molecule has 2 aromatic rings. The summed E-state index contributed by atoms with van der Waals surface area (Å²) in [6.07, 6.45) is 2.62. The molecule has 0 bridgehead atoms. The summed E-state index contributed by atoms with van der Waals surface area (Å²) >= 11 is 0. The Morgan fingerprint density at radius 1 is 1.25 bits per heavy atom. The van der Waals surface area contributed by atoms with Crippen LogP contribution in [0.25, 0.3) is 0 Å². The molecule has 2 N–H and O–H groups in total. The molecule has 5 nitrogen and oxygen atoms in total. The number of hydrogen-bond donors (Lipinski definition) is 2. The van der Waals surface area contributed by atoms with Gasteiger partial charge in [0, 0.05) is 25.6 Å². The number of benzene rings is 1. The van der Waals surface area contributed by atoms with E-state index >= 15 is 0 Å². The van der Waals surface area contributed by atoms with Crippen molar-refractivity contribution in [2.24, 2.45) is 0 Å². The minimum Gasteiger partial charge on any atom is -0.444 e. The number of hydrogen-bond acceptors (Lipinski definition) is 4. The van der Waals surface area contributed by atoms with Crippen LogP contribution in [0.15, 0.2) is 34.9 Å². The van der Waals surface area contributed by atoms with E-state index in [1.807, 2.05) is 31.2 Å². The van der Waals surface area contributed by atoms with Crippen molar-refractivity contribution in [3.8, 4) is 0 Å². The molecule has 0 saturated carbocycles. The van der Waals surface area contributed by atoms with Crippen molar-refractivity contribution in [2.45, 2.75) is 33.4 Å². The van der Waals surface area contributed by atoms with E-state index in [4.69, 9.17) is 4.42 Å². The predicted octanol–water partition coefficient (Wildman–Crippen LogP) is 2.49. The molecule has 0 aliphatic rings. The van der Waals surface area contributed by atoms with Gasteiger partial charge in [0.1, 0.15) is 5.76 Å². The van der Waals surface area contributed by atoms with Gasteiger partial charge in [-0.05, 0) is 17.7 Å². The molecule has 0 atom stereocenters. The average molecular weight is 273 g/mol. The van der Waals surface area contributed by atoms with E-state index in [1.54, 1.807) is 6.20 Å². The first-order valence-electron chi connectivity index (χ1n) is 6.68. The van der Waals surface area contributed by atoms with Gasteiger partial charge in [-0.3, -0.25) is 4.79 Å². The molecule has 2 rings (SSSR count). The quantitative estimate of drug-likeness (QED) is 0.848. The Hall–Kier alpha value is -2.14. The second-order valence-corrected chi connectivity index (χ2v) is 4.56. The largest absolute Gasteiger partial charge is 0.444 e. The van der Waals surface area contributed by atoms with Gasteiger partial charge in [-0.25, -0.2) is 4.98 Å². The fraction of sp³-hybridized carbons (Fsp3) is 0.333. The van der Waals surface area contributed by atoms with Crippen LogP contribution in [0.1, 0.15) is 31.1 Å². The van der Waals surface area contributed by atoms with Crippen molar-refractivity contribution in [3.05, 3.63) is 47.7 Å².